The first-order chi connectivity index (χ1) is 16.9. The standard InChI is InChI=1S/C24H26N6O5/c1-3-4-11-29-19-21(26-23(29)28-10-6-7-15(25)12-28)27(2)24(33)30(22(19)32)13-17(31)16-8-5-9-18-20(16)35-14-34-18/h5,8-9,15H,6-7,10-14,25H2,1-2H3/t15-/m1/s1. The van der Waals surface area contributed by atoms with Gasteiger partial charge in [-0.15, -0.1) is 5.92 Å². The topological polar surface area (TPSA) is 127 Å². The van der Waals surface area contributed by atoms with Crippen molar-refractivity contribution in [3.63, 3.8) is 0 Å². The number of imidazole rings is 1. The third kappa shape index (κ3) is 3.85. The van der Waals surface area contributed by atoms with Crippen molar-refractivity contribution in [3.8, 4) is 23.3 Å². The predicted octanol–water partition coefficient (Wildman–Crippen LogP) is 0.459. The molecule has 2 N–H and O–H groups in total. The van der Waals surface area contributed by atoms with Crippen LogP contribution in [0.3, 0.4) is 0 Å². The molecule has 0 radical (unpaired) electrons. The molecular formula is C24H26N6O5. The number of piperidine rings is 1. The van der Waals surface area contributed by atoms with Crippen LogP contribution in [0.15, 0.2) is 27.8 Å². The van der Waals surface area contributed by atoms with Crippen LogP contribution in [0.2, 0.25) is 0 Å². The number of carbonyl (C=O) groups excluding carboxylic acids is 1. The minimum Gasteiger partial charge on any atom is -0.454 e. The average Bonchev–Trinajstić information content (AvgIpc) is 3.49. The van der Waals surface area contributed by atoms with E-state index in [1.807, 2.05) is 4.90 Å². The van der Waals surface area contributed by atoms with E-state index < -0.39 is 23.6 Å². The van der Waals surface area contributed by atoms with Crippen LogP contribution in [-0.2, 0) is 20.1 Å². The molecule has 0 amide bonds. The number of ether oxygens (including phenoxy) is 2. The minimum atomic E-state index is -0.631. The lowest BCUT2D eigenvalue weighted by molar-refractivity contribution is 0.0964. The highest BCUT2D eigenvalue weighted by Crippen LogP contribution is 2.35. The number of para-hydroxylation sites is 1. The largest absolute Gasteiger partial charge is 0.454 e. The van der Waals surface area contributed by atoms with Gasteiger partial charge in [0, 0.05) is 26.2 Å². The average molecular weight is 479 g/mol. The summed E-state index contributed by atoms with van der Waals surface area (Å²) in [6.45, 7) is 2.81. The van der Waals surface area contributed by atoms with Crippen molar-refractivity contribution in [2.75, 3.05) is 24.8 Å². The van der Waals surface area contributed by atoms with Gasteiger partial charge < -0.3 is 20.1 Å². The molecule has 3 aromatic rings. The van der Waals surface area contributed by atoms with Crippen LogP contribution < -0.4 is 31.4 Å². The Labute approximate surface area is 200 Å². The molecule has 1 fully saturated rings. The summed E-state index contributed by atoms with van der Waals surface area (Å²) in [7, 11) is 1.54. The van der Waals surface area contributed by atoms with E-state index in [4.69, 9.17) is 15.2 Å². The van der Waals surface area contributed by atoms with Gasteiger partial charge in [-0.2, -0.15) is 4.98 Å². The van der Waals surface area contributed by atoms with Gasteiger partial charge in [0.15, 0.2) is 28.4 Å². The van der Waals surface area contributed by atoms with Crippen LogP contribution in [0.4, 0.5) is 5.95 Å². The zero-order chi connectivity index (χ0) is 24.7. The second-order valence-corrected chi connectivity index (χ2v) is 8.64. The third-order valence-electron chi connectivity index (χ3n) is 6.37. The smallest absolute Gasteiger partial charge is 0.332 e. The second kappa shape index (κ2) is 8.96. The van der Waals surface area contributed by atoms with Crippen LogP contribution in [0.25, 0.3) is 11.2 Å². The maximum atomic E-state index is 13.6. The fourth-order valence-electron chi connectivity index (χ4n) is 4.62. The van der Waals surface area contributed by atoms with Gasteiger partial charge in [0.25, 0.3) is 5.56 Å². The lowest BCUT2D eigenvalue weighted by Gasteiger charge is -2.31. The van der Waals surface area contributed by atoms with E-state index in [0.29, 0.717) is 24.0 Å². The number of aromatic nitrogens is 4. The fraction of sp³-hybridized carbons (Fsp3) is 0.417. The molecule has 35 heavy (non-hydrogen) atoms. The van der Waals surface area contributed by atoms with Crippen molar-refractivity contribution in [1.82, 2.24) is 18.7 Å². The molecule has 11 nitrogen and oxygen atoms in total. The first kappa shape index (κ1) is 22.7. The van der Waals surface area contributed by atoms with Crippen molar-refractivity contribution >= 4 is 22.9 Å². The zero-order valence-corrected chi connectivity index (χ0v) is 19.6. The van der Waals surface area contributed by atoms with Crippen molar-refractivity contribution in [2.24, 2.45) is 12.8 Å². The summed E-state index contributed by atoms with van der Waals surface area (Å²) in [5, 5.41) is 0. The van der Waals surface area contributed by atoms with Gasteiger partial charge in [-0.1, -0.05) is 12.0 Å². The molecule has 0 saturated carbocycles. The maximum absolute atomic E-state index is 13.6. The third-order valence-corrected chi connectivity index (χ3v) is 6.37. The molecule has 0 unspecified atom stereocenters. The fourth-order valence-corrected chi connectivity index (χ4v) is 4.62. The monoisotopic (exact) mass is 478 g/mol. The molecule has 4 heterocycles. The normalized spacial score (nSPS) is 16.9. The van der Waals surface area contributed by atoms with E-state index in [1.165, 1.54) is 11.6 Å². The number of fused-ring (bicyclic) bond motifs is 2. The summed E-state index contributed by atoms with van der Waals surface area (Å²) in [6, 6.07) is 4.94. The molecule has 2 aliphatic rings. The van der Waals surface area contributed by atoms with Crippen LogP contribution in [0.1, 0.15) is 30.1 Å². The molecule has 1 atom stereocenters. The van der Waals surface area contributed by atoms with Crippen molar-refractivity contribution < 1.29 is 14.3 Å². The summed E-state index contributed by atoms with van der Waals surface area (Å²) in [4.78, 5) is 46.7. The lowest BCUT2D eigenvalue weighted by Crippen LogP contribution is -2.44. The van der Waals surface area contributed by atoms with Crippen molar-refractivity contribution in [2.45, 2.75) is 38.9 Å². The highest BCUT2D eigenvalue weighted by atomic mass is 16.7. The van der Waals surface area contributed by atoms with E-state index in [0.717, 1.165) is 24.0 Å². The van der Waals surface area contributed by atoms with Gasteiger partial charge in [-0.3, -0.25) is 23.3 Å². The summed E-state index contributed by atoms with van der Waals surface area (Å²) < 4.78 is 14.7. The van der Waals surface area contributed by atoms with Gasteiger partial charge in [0.05, 0.1) is 18.7 Å². The van der Waals surface area contributed by atoms with Gasteiger partial charge in [0.1, 0.15) is 0 Å². The number of nitrogens with two attached hydrogens (primary N) is 1. The molecule has 182 valence electrons. The number of carbonyl (C=O) groups is 1. The molecule has 2 aromatic heterocycles. The molecule has 1 aromatic carbocycles. The SMILES string of the molecule is CC#CCn1c(N2CCC[C@@H](N)C2)nc2c1c(=O)n(CC(=O)c1cccc3c1OCO3)c(=O)n2C. The zero-order valence-electron chi connectivity index (χ0n) is 19.6. The quantitative estimate of drug-likeness (QED) is 0.414. The van der Waals surface area contributed by atoms with E-state index >= 15 is 0 Å². The Hall–Kier alpha value is -4.04. The molecule has 2 aliphatic heterocycles. The molecule has 11 heteroatoms. The van der Waals surface area contributed by atoms with Gasteiger partial charge in [-0.05, 0) is 31.9 Å². The van der Waals surface area contributed by atoms with Crippen LogP contribution in [0.5, 0.6) is 11.5 Å². The Morgan fingerprint density at radius 1 is 1.26 bits per heavy atom. The summed E-state index contributed by atoms with van der Waals surface area (Å²) >= 11 is 0. The molecule has 0 bridgehead atoms. The molecule has 0 spiro atoms. The second-order valence-electron chi connectivity index (χ2n) is 8.64. The Kier molecular flexibility index (Phi) is 5.82. The molecule has 1 saturated heterocycles. The van der Waals surface area contributed by atoms with E-state index in [-0.39, 0.29) is 36.1 Å². The Morgan fingerprint density at radius 2 is 2.09 bits per heavy atom. The molecule has 0 aliphatic carbocycles. The molecular weight excluding hydrogens is 452 g/mol. The van der Waals surface area contributed by atoms with Crippen molar-refractivity contribution in [1.29, 1.82) is 0 Å². The highest BCUT2D eigenvalue weighted by Gasteiger charge is 2.28. The predicted molar refractivity (Wildman–Crippen MR) is 129 cm³/mol. The van der Waals surface area contributed by atoms with E-state index in [9.17, 15) is 14.4 Å². The number of benzene rings is 1. The first-order valence-electron chi connectivity index (χ1n) is 11.4. The van der Waals surface area contributed by atoms with Gasteiger partial charge >= 0.3 is 5.69 Å². The minimum absolute atomic E-state index is 0.00782. The number of hydrogen-bond acceptors (Lipinski definition) is 8. The number of Topliss-reactive ketones (excluding diaryl/α,β-unsaturated/α-hetero) is 1. The molecule has 5 rings (SSSR count). The Morgan fingerprint density at radius 3 is 2.86 bits per heavy atom. The van der Waals surface area contributed by atoms with Gasteiger partial charge in [0.2, 0.25) is 12.7 Å². The maximum Gasteiger partial charge on any atom is 0.332 e. The van der Waals surface area contributed by atoms with Crippen LogP contribution in [-0.4, -0.2) is 50.4 Å². The first-order valence-corrected chi connectivity index (χ1v) is 11.4. The summed E-state index contributed by atoms with van der Waals surface area (Å²) in [5.74, 6) is 6.71. The Balaban J connectivity index is 1.64. The summed E-state index contributed by atoms with van der Waals surface area (Å²) in [5.41, 5.74) is 5.66. The highest BCUT2D eigenvalue weighted by molar-refractivity contribution is 5.99. The van der Waals surface area contributed by atoms with Crippen molar-refractivity contribution in [3.05, 3.63) is 44.6 Å². The number of hydrogen-bond donors (Lipinski definition) is 1. The number of aryl methyl sites for hydroxylation is 1. The Bertz CT molecular complexity index is 1510. The van der Waals surface area contributed by atoms with E-state index in [1.54, 1.807) is 29.7 Å². The number of ketones is 1. The lowest BCUT2D eigenvalue weighted by atomic mass is 10.1. The number of rotatable bonds is 5. The van der Waals surface area contributed by atoms with Crippen LogP contribution in [0, 0.1) is 11.8 Å². The summed E-state index contributed by atoms with van der Waals surface area (Å²) in [6.07, 6.45) is 1.81. The van der Waals surface area contributed by atoms with Gasteiger partial charge in [-0.25, -0.2) is 4.79 Å². The van der Waals surface area contributed by atoms with E-state index in [2.05, 4.69) is 16.8 Å². The number of nitrogens with zero attached hydrogens (tertiary/aromatic N) is 5. The number of anilines is 1. The van der Waals surface area contributed by atoms with Crippen LogP contribution >= 0.6 is 0 Å².